The van der Waals surface area contributed by atoms with E-state index in [1.54, 1.807) is 35.8 Å². The molecular formula is C18H24N2O5S. The van der Waals surface area contributed by atoms with Crippen LogP contribution in [0.3, 0.4) is 0 Å². The lowest BCUT2D eigenvalue weighted by atomic mass is 10.0. The monoisotopic (exact) mass is 380 g/mol. The van der Waals surface area contributed by atoms with Gasteiger partial charge in [0.1, 0.15) is 5.75 Å². The molecule has 26 heavy (non-hydrogen) atoms. The fraction of sp³-hybridized carbons (Fsp3) is 0.556. The predicted molar refractivity (Wildman–Crippen MR) is 96.3 cm³/mol. The maximum Gasteiger partial charge on any atom is 0.227 e. The molecule has 1 aromatic carbocycles. The fourth-order valence-corrected chi connectivity index (χ4v) is 5.79. The van der Waals surface area contributed by atoms with Gasteiger partial charge < -0.3 is 14.9 Å². The predicted octanol–water partition coefficient (Wildman–Crippen LogP) is 0.427. The summed E-state index contributed by atoms with van der Waals surface area (Å²) in [6.07, 6.45) is 0.0931. The Bertz CT molecular complexity index is 821. The number of piperazine rings is 1. The van der Waals surface area contributed by atoms with Crippen molar-refractivity contribution in [1.29, 1.82) is 0 Å². The summed E-state index contributed by atoms with van der Waals surface area (Å²) in [6.45, 7) is 4.26. The van der Waals surface area contributed by atoms with E-state index >= 15 is 0 Å². The third kappa shape index (κ3) is 3.70. The number of phenols is 1. The van der Waals surface area contributed by atoms with E-state index in [0.29, 0.717) is 18.7 Å². The third-order valence-electron chi connectivity index (χ3n) is 5.04. The molecule has 2 saturated heterocycles. The molecule has 1 aromatic rings. The van der Waals surface area contributed by atoms with Gasteiger partial charge in [-0.3, -0.25) is 9.59 Å². The van der Waals surface area contributed by atoms with Gasteiger partial charge in [-0.15, -0.1) is 0 Å². The number of aromatic hydroxyl groups is 1. The van der Waals surface area contributed by atoms with Crippen molar-refractivity contribution < 1.29 is 23.1 Å². The van der Waals surface area contributed by atoms with E-state index < -0.39 is 21.9 Å². The van der Waals surface area contributed by atoms with Crippen molar-refractivity contribution in [2.45, 2.75) is 32.4 Å². The molecular weight excluding hydrogens is 356 g/mol. The summed E-state index contributed by atoms with van der Waals surface area (Å²) in [6, 6.07) is 5.50. The van der Waals surface area contributed by atoms with Crippen molar-refractivity contribution in [3.05, 3.63) is 29.8 Å². The molecule has 2 amide bonds. The SMILES string of the molecule is CC(C)C(=O)N1CCN(C(=O)Cc2cccc(O)c2)[C@@H]2CS(=O)(=O)C[C@@H]21. The van der Waals surface area contributed by atoms with Crippen molar-refractivity contribution >= 4 is 21.7 Å². The molecule has 142 valence electrons. The number of carbonyl (C=O) groups excluding carboxylic acids is 2. The fourth-order valence-electron chi connectivity index (χ4n) is 3.81. The zero-order chi connectivity index (χ0) is 19.1. The van der Waals surface area contributed by atoms with Gasteiger partial charge in [-0.2, -0.15) is 0 Å². The van der Waals surface area contributed by atoms with Crippen LogP contribution >= 0.6 is 0 Å². The van der Waals surface area contributed by atoms with Gasteiger partial charge in [-0.25, -0.2) is 8.42 Å². The molecule has 2 aliphatic heterocycles. The Kier molecular flexibility index (Phi) is 4.96. The maximum atomic E-state index is 12.8. The second kappa shape index (κ2) is 6.90. The minimum Gasteiger partial charge on any atom is -0.508 e. The number of benzene rings is 1. The van der Waals surface area contributed by atoms with E-state index in [1.807, 2.05) is 0 Å². The second-order valence-corrected chi connectivity index (χ2v) is 9.49. The Labute approximate surface area is 153 Å². The minimum atomic E-state index is -3.29. The highest BCUT2D eigenvalue weighted by molar-refractivity contribution is 7.91. The molecule has 0 radical (unpaired) electrons. The molecule has 0 aromatic heterocycles. The van der Waals surface area contributed by atoms with Crippen LogP contribution in [-0.2, 0) is 25.8 Å². The van der Waals surface area contributed by atoms with E-state index in [4.69, 9.17) is 0 Å². The number of nitrogens with zero attached hydrogens (tertiary/aromatic N) is 2. The van der Waals surface area contributed by atoms with Gasteiger partial charge in [0.25, 0.3) is 0 Å². The molecule has 0 bridgehead atoms. The van der Waals surface area contributed by atoms with Crippen LogP contribution in [0.5, 0.6) is 5.75 Å². The topological polar surface area (TPSA) is 95.0 Å². The molecule has 2 aliphatic rings. The van der Waals surface area contributed by atoms with E-state index in [0.717, 1.165) is 0 Å². The van der Waals surface area contributed by atoms with Gasteiger partial charge in [0.2, 0.25) is 11.8 Å². The van der Waals surface area contributed by atoms with Crippen LogP contribution in [0.25, 0.3) is 0 Å². The first kappa shape index (κ1) is 18.7. The lowest BCUT2D eigenvalue weighted by Gasteiger charge is -2.44. The van der Waals surface area contributed by atoms with Crippen LogP contribution < -0.4 is 0 Å². The molecule has 1 N–H and O–H groups in total. The van der Waals surface area contributed by atoms with Gasteiger partial charge in [-0.1, -0.05) is 26.0 Å². The third-order valence-corrected chi connectivity index (χ3v) is 6.74. The van der Waals surface area contributed by atoms with E-state index in [1.165, 1.54) is 12.1 Å². The van der Waals surface area contributed by atoms with Crippen LogP contribution in [0.1, 0.15) is 19.4 Å². The van der Waals surface area contributed by atoms with Gasteiger partial charge in [-0.05, 0) is 17.7 Å². The van der Waals surface area contributed by atoms with Gasteiger partial charge >= 0.3 is 0 Å². The van der Waals surface area contributed by atoms with Crippen molar-refractivity contribution in [2.75, 3.05) is 24.6 Å². The molecule has 8 heteroatoms. The van der Waals surface area contributed by atoms with Crippen LogP contribution in [-0.4, -0.2) is 71.8 Å². The highest BCUT2D eigenvalue weighted by Gasteiger charge is 2.49. The Morgan fingerprint density at radius 1 is 1.15 bits per heavy atom. The van der Waals surface area contributed by atoms with Crippen molar-refractivity contribution in [3.63, 3.8) is 0 Å². The normalized spacial score (nSPS) is 24.6. The average Bonchev–Trinajstić information content (AvgIpc) is 2.87. The van der Waals surface area contributed by atoms with Crippen molar-refractivity contribution in [1.82, 2.24) is 9.80 Å². The Morgan fingerprint density at radius 3 is 2.38 bits per heavy atom. The number of fused-ring (bicyclic) bond motifs is 1. The molecule has 2 heterocycles. The Balaban J connectivity index is 1.81. The first-order valence-electron chi connectivity index (χ1n) is 8.76. The summed E-state index contributed by atoms with van der Waals surface area (Å²) in [7, 11) is -3.29. The molecule has 2 atom stereocenters. The van der Waals surface area contributed by atoms with Crippen LogP contribution in [0, 0.1) is 5.92 Å². The maximum absolute atomic E-state index is 12.8. The van der Waals surface area contributed by atoms with E-state index in [2.05, 4.69) is 0 Å². The Hall–Kier alpha value is -2.09. The highest BCUT2D eigenvalue weighted by atomic mass is 32.2. The van der Waals surface area contributed by atoms with Gasteiger partial charge in [0, 0.05) is 19.0 Å². The van der Waals surface area contributed by atoms with Crippen LogP contribution in [0.2, 0.25) is 0 Å². The quantitative estimate of drug-likeness (QED) is 0.820. The molecule has 7 nitrogen and oxygen atoms in total. The molecule has 0 aliphatic carbocycles. The lowest BCUT2D eigenvalue weighted by molar-refractivity contribution is -0.147. The highest BCUT2D eigenvalue weighted by Crippen LogP contribution is 2.28. The van der Waals surface area contributed by atoms with Crippen LogP contribution in [0.4, 0.5) is 0 Å². The summed E-state index contributed by atoms with van der Waals surface area (Å²) in [4.78, 5) is 28.5. The number of hydrogen-bond acceptors (Lipinski definition) is 5. The number of sulfone groups is 1. The first-order chi connectivity index (χ1) is 12.2. The summed E-state index contributed by atoms with van der Waals surface area (Å²) in [5, 5.41) is 9.55. The molecule has 2 fully saturated rings. The second-order valence-electron chi connectivity index (χ2n) is 7.33. The summed E-state index contributed by atoms with van der Waals surface area (Å²) < 4.78 is 24.4. The Morgan fingerprint density at radius 2 is 1.77 bits per heavy atom. The molecule has 3 rings (SSSR count). The minimum absolute atomic E-state index is 0.0721. The van der Waals surface area contributed by atoms with Gasteiger partial charge in [0.05, 0.1) is 30.0 Å². The van der Waals surface area contributed by atoms with E-state index in [-0.39, 0.29) is 41.4 Å². The smallest absolute Gasteiger partial charge is 0.227 e. The van der Waals surface area contributed by atoms with Crippen molar-refractivity contribution in [3.8, 4) is 5.75 Å². The molecule has 0 saturated carbocycles. The first-order valence-corrected chi connectivity index (χ1v) is 10.6. The number of phenolic OH excluding ortho intramolecular Hbond substituents is 1. The summed E-state index contributed by atoms with van der Waals surface area (Å²) in [5.74, 6) is -0.578. The number of carbonyl (C=O) groups is 2. The number of rotatable bonds is 3. The summed E-state index contributed by atoms with van der Waals surface area (Å²) in [5.41, 5.74) is 0.674. The van der Waals surface area contributed by atoms with Crippen LogP contribution in [0.15, 0.2) is 24.3 Å². The number of amides is 2. The lowest BCUT2D eigenvalue weighted by Crippen LogP contribution is -2.62. The molecule has 0 spiro atoms. The zero-order valence-corrected chi connectivity index (χ0v) is 15.8. The number of hydrogen-bond donors (Lipinski definition) is 1. The zero-order valence-electron chi connectivity index (χ0n) is 15.0. The molecule has 0 unspecified atom stereocenters. The van der Waals surface area contributed by atoms with Crippen molar-refractivity contribution in [2.24, 2.45) is 5.92 Å². The largest absolute Gasteiger partial charge is 0.508 e. The average molecular weight is 380 g/mol. The summed E-state index contributed by atoms with van der Waals surface area (Å²) >= 11 is 0. The standard InChI is InChI=1S/C18H24N2O5S/c1-12(2)18(23)20-7-6-19(15-10-26(24,25)11-16(15)20)17(22)9-13-4-3-5-14(21)8-13/h3-5,8,12,15-16,21H,6-7,9-11H2,1-2H3/t15-,16+/m1/s1. The van der Waals surface area contributed by atoms with E-state index in [9.17, 15) is 23.1 Å². The van der Waals surface area contributed by atoms with Gasteiger partial charge in [0.15, 0.2) is 9.84 Å².